The largest absolute Gasteiger partial charge is 0.335 e. The van der Waals surface area contributed by atoms with Crippen molar-refractivity contribution in [3.05, 3.63) is 18.7 Å². The van der Waals surface area contributed by atoms with E-state index in [0.717, 1.165) is 6.42 Å². The molecule has 0 saturated heterocycles. The molecule has 4 heteroatoms. The van der Waals surface area contributed by atoms with Gasteiger partial charge in [-0.15, -0.1) is 0 Å². The minimum absolute atomic E-state index is 0.123. The Morgan fingerprint density at radius 3 is 3.00 bits per heavy atom. The molecule has 1 atom stereocenters. The van der Waals surface area contributed by atoms with Crippen LogP contribution in [0.25, 0.3) is 0 Å². The molecule has 0 spiro atoms. The number of nitrogens with zero attached hydrogens (tertiary/aromatic N) is 2. The summed E-state index contributed by atoms with van der Waals surface area (Å²) in [6.45, 7) is 3.99. The van der Waals surface area contributed by atoms with E-state index in [1.54, 1.807) is 12.4 Å². The molecule has 0 fully saturated rings. The van der Waals surface area contributed by atoms with Crippen LogP contribution in [0.1, 0.15) is 20.3 Å². The summed E-state index contributed by atoms with van der Waals surface area (Å²) in [4.78, 5) is 15.1. The summed E-state index contributed by atoms with van der Waals surface area (Å²) in [6, 6.07) is 0.0850. The Morgan fingerprint density at radius 2 is 2.50 bits per heavy atom. The highest BCUT2D eigenvalue weighted by molar-refractivity contribution is 5.76. The van der Waals surface area contributed by atoms with Gasteiger partial charge in [0.2, 0.25) is 0 Å². The van der Waals surface area contributed by atoms with Gasteiger partial charge in [-0.2, -0.15) is 0 Å². The van der Waals surface area contributed by atoms with E-state index in [1.807, 2.05) is 13.8 Å². The van der Waals surface area contributed by atoms with E-state index in [0.29, 0.717) is 0 Å². The number of hydrogen-bond donors (Lipinski definition) is 1. The molecule has 0 unspecified atom stereocenters. The van der Waals surface area contributed by atoms with E-state index < -0.39 is 0 Å². The van der Waals surface area contributed by atoms with Crippen molar-refractivity contribution < 1.29 is 4.79 Å². The first-order chi connectivity index (χ1) is 5.74. The van der Waals surface area contributed by atoms with Crippen molar-refractivity contribution in [2.45, 2.75) is 26.3 Å². The lowest BCUT2D eigenvalue weighted by atomic mass is 10.3. The van der Waals surface area contributed by atoms with Crippen molar-refractivity contribution in [2.24, 2.45) is 0 Å². The number of hydrogen-bond acceptors (Lipinski definition) is 2. The van der Waals surface area contributed by atoms with Gasteiger partial charge in [-0.05, 0) is 13.3 Å². The van der Waals surface area contributed by atoms with Crippen LogP contribution in [-0.2, 0) is 0 Å². The number of carbonyl (C=O) groups excluding carboxylic acids is 1. The van der Waals surface area contributed by atoms with Crippen LogP contribution < -0.4 is 5.32 Å². The first-order valence-corrected chi connectivity index (χ1v) is 4.03. The Kier molecular flexibility index (Phi) is 2.85. The summed E-state index contributed by atoms with van der Waals surface area (Å²) in [6.07, 6.45) is 5.62. The average Bonchev–Trinajstić information content (AvgIpc) is 2.56. The van der Waals surface area contributed by atoms with Crippen LogP contribution in [0.5, 0.6) is 0 Å². The number of nitrogens with one attached hydrogen (secondary N) is 1. The smallest absolute Gasteiger partial charge is 0.327 e. The Hall–Kier alpha value is -1.32. The second-order valence-corrected chi connectivity index (χ2v) is 2.73. The maximum absolute atomic E-state index is 11.3. The minimum Gasteiger partial charge on any atom is -0.335 e. The van der Waals surface area contributed by atoms with E-state index in [-0.39, 0.29) is 12.1 Å². The summed E-state index contributed by atoms with van der Waals surface area (Å²) in [5.41, 5.74) is 0. The summed E-state index contributed by atoms with van der Waals surface area (Å²) in [7, 11) is 0. The second-order valence-electron chi connectivity index (χ2n) is 2.73. The molecule has 0 bridgehead atoms. The number of rotatable bonds is 2. The monoisotopic (exact) mass is 167 g/mol. The fourth-order valence-corrected chi connectivity index (χ4v) is 0.767. The molecule has 4 nitrogen and oxygen atoms in total. The summed E-state index contributed by atoms with van der Waals surface area (Å²) in [5.74, 6) is 0. The third kappa shape index (κ3) is 2.08. The molecule has 1 heterocycles. The first kappa shape index (κ1) is 8.77. The Balaban J connectivity index is 2.50. The molecule has 0 saturated carbocycles. The number of aromatic nitrogens is 2. The Bertz CT molecular complexity index is 243. The molecule has 0 radical (unpaired) electrons. The minimum atomic E-state index is -0.123. The van der Waals surface area contributed by atoms with Crippen LogP contribution in [0, 0.1) is 0 Å². The maximum Gasteiger partial charge on any atom is 0.327 e. The molecule has 66 valence electrons. The van der Waals surface area contributed by atoms with Crippen LogP contribution in [0.4, 0.5) is 4.79 Å². The highest BCUT2D eigenvalue weighted by atomic mass is 16.2. The van der Waals surface area contributed by atoms with Gasteiger partial charge in [0, 0.05) is 18.4 Å². The molecule has 12 heavy (non-hydrogen) atoms. The molecule has 1 rings (SSSR count). The fraction of sp³-hybridized carbons (Fsp3) is 0.500. The average molecular weight is 167 g/mol. The lowest BCUT2D eigenvalue weighted by molar-refractivity contribution is 0.239. The van der Waals surface area contributed by atoms with Crippen molar-refractivity contribution in [3.63, 3.8) is 0 Å². The van der Waals surface area contributed by atoms with Gasteiger partial charge in [-0.3, -0.25) is 4.57 Å². The predicted molar refractivity (Wildman–Crippen MR) is 45.9 cm³/mol. The Morgan fingerprint density at radius 1 is 1.75 bits per heavy atom. The summed E-state index contributed by atoms with van der Waals surface area (Å²) in [5, 5.41) is 2.82. The molecule has 1 aromatic rings. The van der Waals surface area contributed by atoms with Gasteiger partial charge in [0.25, 0.3) is 0 Å². The lowest BCUT2D eigenvalue weighted by Crippen LogP contribution is -2.34. The quantitative estimate of drug-likeness (QED) is 0.720. The van der Waals surface area contributed by atoms with Crippen LogP contribution in [0.15, 0.2) is 18.7 Å². The standard InChI is InChI=1S/C8H13N3O/c1-3-7(2)10-8(12)11-5-4-9-6-11/h4-7H,3H2,1-2H3,(H,10,12)/t7-/m1/s1. The van der Waals surface area contributed by atoms with E-state index in [1.165, 1.54) is 10.9 Å². The van der Waals surface area contributed by atoms with Crippen LogP contribution in [0.3, 0.4) is 0 Å². The molecule has 0 aromatic carbocycles. The fourth-order valence-electron chi connectivity index (χ4n) is 0.767. The van der Waals surface area contributed by atoms with Crippen molar-refractivity contribution in [1.29, 1.82) is 0 Å². The van der Waals surface area contributed by atoms with E-state index in [4.69, 9.17) is 0 Å². The Labute approximate surface area is 71.6 Å². The van der Waals surface area contributed by atoms with Crippen molar-refractivity contribution in [3.8, 4) is 0 Å². The van der Waals surface area contributed by atoms with Gasteiger partial charge in [0.05, 0.1) is 0 Å². The summed E-state index contributed by atoms with van der Waals surface area (Å²) < 4.78 is 1.42. The normalized spacial score (nSPS) is 12.5. The van der Waals surface area contributed by atoms with E-state index in [2.05, 4.69) is 10.3 Å². The summed E-state index contributed by atoms with van der Waals surface area (Å²) >= 11 is 0. The zero-order valence-electron chi connectivity index (χ0n) is 7.32. The van der Waals surface area contributed by atoms with E-state index in [9.17, 15) is 4.79 Å². The van der Waals surface area contributed by atoms with E-state index >= 15 is 0 Å². The zero-order valence-corrected chi connectivity index (χ0v) is 7.32. The van der Waals surface area contributed by atoms with Crippen LogP contribution in [0.2, 0.25) is 0 Å². The number of amides is 1. The third-order valence-corrected chi connectivity index (χ3v) is 1.72. The van der Waals surface area contributed by atoms with Gasteiger partial charge >= 0.3 is 6.03 Å². The first-order valence-electron chi connectivity index (χ1n) is 4.03. The maximum atomic E-state index is 11.3. The molecule has 0 aliphatic heterocycles. The molecular weight excluding hydrogens is 154 g/mol. The van der Waals surface area contributed by atoms with Crippen molar-refractivity contribution in [2.75, 3.05) is 0 Å². The van der Waals surface area contributed by atoms with Gasteiger partial charge < -0.3 is 5.32 Å². The zero-order chi connectivity index (χ0) is 8.97. The van der Waals surface area contributed by atoms with Crippen LogP contribution in [-0.4, -0.2) is 21.6 Å². The topological polar surface area (TPSA) is 46.9 Å². The van der Waals surface area contributed by atoms with Crippen LogP contribution >= 0.6 is 0 Å². The molecule has 1 aromatic heterocycles. The molecule has 0 aliphatic rings. The highest BCUT2D eigenvalue weighted by Gasteiger charge is 2.05. The van der Waals surface area contributed by atoms with Gasteiger partial charge in [0.15, 0.2) is 0 Å². The number of imidazole rings is 1. The number of carbonyl (C=O) groups is 1. The third-order valence-electron chi connectivity index (χ3n) is 1.72. The second kappa shape index (κ2) is 3.90. The van der Waals surface area contributed by atoms with Crippen molar-refractivity contribution >= 4 is 6.03 Å². The molecule has 1 amide bonds. The molecule has 0 aliphatic carbocycles. The SMILES string of the molecule is CC[C@@H](C)NC(=O)n1ccnc1. The van der Waals surface area contributed by atoms with Gasteiger partial charge in [0.1, 0.15) is 6.33 Å². The molecule has 1 N–H and O–H groups in total. The highest BCUT2D eigenvalue weighted by Crippen LogP contribution is 1.90. The van der Waals surface area contributed by atoms with Crippen molar-refractivity contribution in [1.82, 2.24) is 14.9 Å². The predicted octanol–water partition coefficient (Wildman–Crippen LogP) is 1.24. The van der Waals surface area contributed by atoms with Gasteiger partial charge in [-0.25, -0.2) is 9.78 Å². The molecular formula is C8H13N3O. The van der Waals surface area contributed by atoms with Gasteiger partial charge in [-0.1, -0.05) is 6.92 Å². The lowest BCUT2D eigenvalue weighted by Gasteiger charge is -2.10.